The van der Waals surface area contributed by atoms with E-state index >= 15 is 0 Å². The van der Waals surface area contributed by atoms with Crippen LogP contribution in [0.5, 0.6) is 0 Å². The highest BCUT2D eigenvalue weighted by Crippen LogP contribution is 2.11. The van der Waals surface area contributed by atoms with E-state index in [1.165, 1.54) is 5.56 Å². The quantitative estimate of drug-likeness (QED) is 0.243. The zero-order valence-electron chi connectivity index (χ0n) is 6.91. The van der Waals surface area contributed by atoms with E-state index in [4.69, 9.17) is 11.6 Å². The molecular weight excluding hydrogens is 152 g/mol. The van der Waals surface area contributed by atoms with Gasteiger partial charge in [0.15, 0.2) is 0 Å². The maximum atomic E-state index is 5.36. The fourth-order valence-electron chi connectivity index (χ4n) is 0.791. The van der Waals surface area contributed by atoms with Gasteiger partial charge in [0.2, 0.25) is 5.96 Å². The van der Waals surface area contributed by atoms with Gasteiger partial charge in [-0.2, -0.15) is 0 Å². The minimum absolute atomic E-state index is 0.207. The lowest BCUT2D eigenvalue weighted by molar-refractivity contribution is 1.01. The van der Waals surface area contributed by atoms with Crippen LogP contribution in [0.25, 0.3) is 0 Å². The number of guanidine groups is 1. The Bertz CT molecular complexity index is 276. The molecule has 1 rings (SSSR count). The Hall–Kier alpha value is -1.55. The second-order valence-corrected chi connectivity index (χ2v) is 2.48. The van der Waals surface area contributed by atoms with E-state index in [1.54, 1.807) is 0 Å². The van der Waals surface area contributed by atoms with Crippen molar-refractivity contribution >= 4 is 11.6 Å². The van der Waals surface area contributed by atoms with Gasteiger partial charge < -0.3 is 5.73 Å². The van der Waals surface area contributed by atoms with Crippen LogP contribution in [0, 0.1) is 6.92 Å². The first-order chi connectivity index (χ1) is 5.72. The highest BCUT2D eigenvalue weighted by Gasteiger charge is 1.89. The first kappa shape index (κ1) is 8.55. The lowest BCUT2D eigenvalue weighted by Crippen LogP contribution is -2.36. The van der Waals surface area contributed by atoms with E-state index in [2.05, 4.69) is 10.4 Å². The van der Waals surface area contributed by atoms with E-state index in [0.717, 1.165) is 5.69 Å². The smallest absolute Gasteiger partial charge is 0.208 e. The van der Waals surface area contributed by atoms with Crippen molar-refractivity contribution in [1.29, 1.82) is 0 Å². The Morgan fingerprint density at radius 3 is 2.42 bits per heavy atom. The topological polar surface area (TPSA) is 76.4 Å². The Labute approximate surface area is 71.3 Å². The SMILES string of the molecule is Cc1ccc(N=C(N)NN)cc1. The van der Waals surface area contributed by atoms with Gasteiger partial charge in [-0.1, -0.05) is 17.7 Å². The molecule has 0 radical (unpaired) electrons. The molecule has 0 fully saturated rings. The molecule has 0 bridgehead atoms. The molecule has 0 aromatic heterocycles. The number of hydrogen-bond donors (Lipinski definition) is 3. The maximum Gasteiger partial charge on any atom is 0.208 e. The minimum atomic E-state index is 0.207. The number of benzene rings is 1. The molecule has 0 saturated heterocycles. The van der Waals surface area contributed by atoms with Crippen molar-refractivity contribution < 1.29 is 0 Å². The molecule has 0 aliphatic heterocycles. The van der Waals surface area contributed by atoms with Gasteiger partial charge in [0, 0.05) is 0 Å². The summed E-state index contributed by atoms with van der Waals surface area (Å²) in [6, 6.07) is 7.67. The van der Waals surface area contributed by atoms with Crippen LogP contribution in [0.15, 0.2) is 29.3 Å². The molecule has 0 amide bonds. The second kappa shape index (κ2) is 3.73. The highest BCUT2D eigenvalue weighted by atomic mass is 15.3. The predicted molar refractivity (Wildman–Crippen MR) is 49.8 cm³/mol. The third-order valence-electron chi connectivity index (χ3n) is 1.43. The van der Waals surface area contributed by atoms with Crippen molar-refractivity contribution in [3.8, 4) is 0 Å². The van der Waals surface area contributed by atoms with E-state index in [9.17, 15) is 0 Å². The second-order valence-electron chi connectivity index (χ2n) is 2.48. The number of rotatable bonds is 1. The molecule has 0 saturated carbocycles. The van der Waals surface area contributed by atoms with Crippen molar-refractivity contribution in [1.82, 2.24) is 5.43 Å². The fraction of sp³-hybridized carbons (Fsp3) is 0.125. The molecule has 0 atom stereocenters. The third kappa shape index (κ3) is 2.25. The average molecular weight is 164 g/mol. The van der Waals surface area contributed by atoms with Gasteiger partial charge in [-0.15, -0.1) is 0 Å². The van der Waals surface area contributed by atoms with Crippen molar-refractivity contribution in [3.05, 3.63) is 29.8 Å². The monoisotopic (exact) mass is 164 g/mol. The van der Waals surface area contributed by atoms with E-state index in [-0.39, 0.29) is 5.96 Å². The minimum Gasteiger partial charge on any atom is -0.369 e. The van der Waals surface area contributed by atoms with E-state index in [1.807, 2.05) is 31.2 Å². The number of nitrogens with zero attached hydrogens (tertiary/aromatic N) is 1. The van der Waals surface area contributed by atoms with Gasteiger partial charge in [-0.05, 0) is 19.1 Å². The van der Waals surface area contributed by atoms with Crippen molar-refractivity contribution in [2.45, 2.75) is 6.92 Å². The summed E-state index contributed by atoms with van der Waals surface area (Å²) < 4.78 is 0. The molecule has 4 nitrogen and oxygen atoms in total. The van der Waals surface area contributed by atoms with Crippen LogP contribution in [0.2, 0.25) is 0 Å². The molecule has 0 spiro atoms. The lowest BCUT2D eigenvalue weighted by Gasteiger charge is -1.98. The van der Waals surface area contributed by atoms with Crippen LogP contribution < -0.4 is 17.0 Å². The lowest BCUT2D eigenvalue weighted by atomic mass is 10.2. The number of aliphatic imine (C=N–C) groups is 1. The molecule has 0 heterocycles. The zero-order valence-corrected chi connectivity index (χ0v) is 6.91. The maximum absolute atomic E-state index is 5.36. The Morgan fingerprint density at radius 2 is 1.92 bits per heavy atom. The van der Waals surface area contributed by atoms with Crippen LogP contribution in [0.3, 0.4) is 0 Å². The summed E-state index contributed by atoms with van der Waals surface area (Å²) in [5.74, 6) is 5.25. The Morgan fingerprint density at radius 1 is 1.33 bits per heavy atom. The van der Waals surface area contributed by atoms with Gasteiger partial charge in [0.1, 0.15) is 0 Å². The molecule has 12 heavy (non-hydrogen) atoms. The van der Waals surface area contributed by atoms with Crippen LogP contribution in [-0.2, 0) is 0 Å². The molecule has 5 N–H and O–H groups in total. The zero-order chi connectivity index (χ0) is 8.97. The summed E-state index contributed by atoms with van der Waals surface area (Å²) in [6.45, 7) is 2.01. The molecule has 64 valence electrons. The van der Waals surface area contributed by atoms with Crippen molar-refractivity contribution in [3.63, 3.8) is 0 Å². The average Bonchev–Trinajstić information content (AvgIpc) is 2.09. The highest BCUT2D eigenvalue weighted by molar-refractivity contribution is 5.80. The number of hydrazine groups is 1. The van der Waals surface area contributed by atoms with Crippen molar-refractivity contribution in [2.24, 2.45) is 16.6 Å². The number of nitrogens with two attached hydrogens (primary N) is 2. The standard InChI is InChI=1S/C8H12N4/c1-6-2-4-7(5-3-6)11-8(9)12-10/h2-5H,10H2,1H3,(H3,9,11,12). The van der Waals surface area contributed by atoms with Gasteiger partial charge in [-0.25, -0.2) is 10.8 Å². The summed E-state index contributed by atoms with van der Waals surface area (Å²) in [5.41, 5.74) is 9.59. The summed E-state index contributed by atoms with van der Waals surface area (Å²) in [7, 11) is 0. The first-order valence-electron chi connectivity index (χ1n) is 3.60. The summed E-state index contributed by atoms with van der Waals surface area (Å²) in [6.07, 6.45) is 0. The largest absolute Gasteiger partial charge is 0.369 e. The van der Waals surface area contributed by atoms with Crippen molar-refractivity contribution in [2.75, 3.05) is 0 Å². The molecule has 0 aliphatic rings. The van der Waals surface area contributed by atoms with Crippen LogP contribution >= 0.6 is 0 Å². The summed E-state index contributed by atoms with van der Waals surface area (Å²) >= 11 is 0. The predicted octanol–water partition coefficient (Wildman–Crippen LogP) is 0.405. The van der Waals surface area contributed by atoms with E-state index < -0.39 is 0 Å². The number of hydrogen-bond acceptors (Lipinski definition) is 2. The molecule has 0 aliphatic carbocycles. The van der Waals surface area contributed by atoms with Crippen LogP contribution in [0.4, 0.5) is 5.69 Å². The third-order valence-corrected chi connectivity index (χ3v) is 1.43. The fourth-order valence-corrected chi connectivity index (χ4v) is 0.791. The Kier molecular flexibility index (Phi) is 2.66. The van der Waals surface area contributed by atoms with Gasteiger partial charge >= 0.3 is 0 Å². The van der Waals surface area contributed by atoms with Crippen LogP contribution in [0.1, 0.15) is 5.56 Å². The van der Waals surface area contributed by atoms with Gasteiger partial charge in [-0.3, -0.25) is 5.43 Å². The summed E-state index contributed by atoms with van der Waals surface area (Å²) in [5, 5.41) is 0. The molecule has 0 unspecified atom stereocenters. The number of nitrogens with one attached hydrogen (secondary N) is 1. The van der Waals surface area contributed by atoms with E-state index in [0.29, 0.717) is 0 Å². The summed E-state index contributed by atoms with van der Waals surface area (Å²) in [4.78, 5) is 3.98. The molecule has 1 aromatic carbocycles. The first-order valence-corrected chi connectivity index (χ1v) is 3.60. The van der Waals surface area contributed by atoms with Crippen LogP contribution in [-0.4, -0.2) is 5.96 Å². The van der Waals surface area contributed by atoms with Gasteiger partial charge in [0.05, 0.1) is 5.69 Å². The molecule has 1 aromatic rings. The molecule has 4 heteroatoms. The molecular formula is C8H12N4. The Balaban J connectivity index is 2.84. The normalized spacial score (nSPS) is 11.3. The van der Waals surface area contributed by atoms with Gasteiger partial charge in [0.25, 0.3) is 0 Å². The number of aryl methyl sites for hydroxylation is 1.